The highest BCUT2D eigenvalue weighted by atomic mass is 16.5. The molecule has 2 aliphatic rings. The molecular weight excluding hydrogens is 382 g/mol. The summed E-state index contributed by atoms with van der Waals surface area (Å²) in [5.41, 5.74) is 1.17. The zero-order valence-electron chi connectivity index (χ0n) is 19.0. The van der Waals surface area contributed by atoms with Gasteiger partial charge in [0, 0.05) is 58.0 Å². The van der Waals surface area contributed by atoms with Crippen LogP contribution in [-0.2, 0) is 16.0 Å². The zero-order chi connectivity index (χ0) is 21.2. The van der Waals surface area contributed by atoms with E-state index in [1.807, 2.05) is 6.07 Å². The number of para-hydroxylation sites is 1. The smallest absolute Gasteiger partial charge is 0.165 e. The Bertz CT molecular complexity index is 616. The van der Waals surface area contributed by atoms with E-state index in [1.165, 1.54) is 12.0 Å². The van der Waals surface area contributed by atoms with Crippen molar-refractivity contribution in [1.29, 1.82) is 0 Å². The maximum atomic E-state index is 6.28. The van der Waals surface area contributed by atoms with E-state index in [4.69, 9.17) is 18.9 Å². The molecule has 2 fully saturated rings. The molecule has 2 heterocycles. The van der Waals surface area contributed by atoms with Crippen molar-refractivity contribution in [1.82, 2.24) is 14.7 Å². The van der Waals surface area contributed by atoms with E-state index in [9.17, 15) is 0 Å². The average Bonchev–Trinajstić information content (AvgIpc) is 3.26. The van der Waals surface area contributed by atoms with Crippen LogP contribution in [0.25, 0.3) is 0 Å². The van der Waals surface area contributed by atoms with Gasteiger partial charge in [-0.15, -0.1) is 0 Å². The number of methoxy groups -OCH3 is 1. The summed E-state index contributed by atoms with van der Waals surface area (Å²) in [5.74, 6) is 1.68. The summed E-state index contributed by atoms with van der Waals surface area (Å²) < 4.78 is 23.3. The first-order valence-corrected chi connectivity index (χ1v) is 11.2. The molecule has 0 radical (unpaired) electrons. The minimum absolute atomic E-state index is 0.337. The van der Waals surface area contributed by atoms with Gasteiger partial charge in [0.1, 0.15) is 6.61 Å². The van der Waals surface area contributed by atoms with Crippen molar-refractivity contribution in [3.05, 3.63) is 23.8 Å². The Labute approximate surface area is 181 Å². The molecule has 0 aromatic heterocycles. The molecule has 170 valence electrons. The summed E-state index contributed by atoms with van der Waals surface area (Å²) in [6.07, 6.45) is 2.66. The quantitative estimate of drug-likeness (QED) is 0.511. The lowest BCUT2D eigenvalue weighted by Crippen LogP contribution is -2.38. The Kier molecular flexibility index (Phi) is 9.68. The number of ether oxygens (including phenoxy) is 4. The van der Waals surface area contributed by atoms with Crippen LogP contribution in [0.2, 0.25) is 0 Å². The van der Waals surface area contributed by atoms with Gasteiger partial charge in [-0.2, -0.15) is 0 Å². The number of hydrogen-bond acceptors (Lipinski definition) is 7. The Balaban J connectivity index is 1.64. The lowest BCUT2D eigenvalue weighted by Gasteiger charge is -2.28. The maximum Gasteiger partial charge on any atom is 0.165 e. The number of nitrogens with zero attached hydrogens (tertiary/aromatic N) is 3. The van der Waals surface area contributed by atoms with Crippen molar-refractivity contribution in [3.8, 4) is 11.5 Å². The molecule has 1 aromatic carbocycles. The van der Waals surface area contributed by atoms with Crippen molar-refractivity contribution < 1.29 is 18.9 Å². The summed E-state index contributed by atoms with van der Waals surface area (Å²) in [7, 11) is 5.95. The molecule has 30 heavy (non-hydrogen) atoms. The minimum Gasteiger partial charge on any atom is -0.493 e. The molecule has 0 saturated carbocycles. The topological polar surface area (TPSA) is 46.6 Å². The molecule has 1 unspecified atom stereocenters. The van der Waals surface area contributed by atoms with Crippen molar-refractivity contribution in [2.75, 3.05) is 86.9 Å². The van der Waals surface area contributed by atoms with E-state index in [0.29, 0.717) is 12.7 Å². The molecule has 7 nitrogen and oxygen atoms in total. The van der Waals surface area contributed by atoms with Gasteiger partial charge in [0.25, 0.3) is 0 Å². The van der Waals surface area contributed by atoms with Gasteiger partial charge in [-0.1, -0.05) is 12.1 Å². The van der Waals surface area contributed by atoms with Crippen LogP contribution in [0.15, 0.2) is 18.2 Å². The molecule has 1 atom stereocenters. The van der Waals surface area contributed by atoms with Crippen LogP contribution in [0.1, 0.15) is 18.4 Å². The SMILES string of the molecule is COc1cccc(CN(CCN(C)C)CC2CCCO2)c1OCCN1CCOCC1. The Morgan fingerprint density at radius 2 is 1.97 bits per heavy atom. The number of hydrogen-bond donors (Lipinski definition) is 0. The van der Waals surface area contributed by atoms with Crippen LogP contribution < -0.4 is 9.47 Å². The fourth-order valence-electron chi connectivity index (χ4n) is 4.01. The second-order valence-electron chi connectivity index (χ2n) is 8.42. The molecule has 1 aromatic rings. The number of rotatable bonds is 12. The molecular formula is C23H39N3O4. The molecule has 7 heteroatoms. The Hall–Kier alpha value is -1.38. The van der Waals surface area contributed by atoms with E-state index in [0.717, 1.165) is 83.6 Å². The largest absolute Gasteiger partial charge is 0.493 e. The Morgan fingerprint density at radius 1 is 1.13 bits per heavy atom. The van der Waals surface area contributed by atoms with Gasteiger partial charge in [0.15, 0.2) is 11.5 Å². The van der Waals surface area contributed by atoms with Gasteiger partial charge in [-0.25, -0.2) is 0 Å². The summed E-state index contributed by atoms with van der Waals surface area (Å²) in [4.78, 5) is 7.10. The maximum absolute atomic E-state index is 6.28. The fraction of sp³-hybridized carbons (Fsp3) is 0.739. The molecule has 0 aliphatic carbocycles. The van der Waals surface area contributed by atoms with E-state index < -0.39 is 0 Å². The third kappa shape index (κ3) is 7.39. The third-order valence-corrected chi connectivity index (χ3v) is 5.78. The van der Waals surface area contributed by atoms with Gasteiger partial charge < -0.3 is 23.8 Å². The summed E-state index contributed by atoms with van der Waals surface area (Å²) in [6.45, 7) is 9.81. The molecule has 2 aliphatic heterocycles. The van der Waals surface area contributed by atoms with Crippen LogP contribution in [0.4, 0.5) is 0 Å². The van der Waals surface area contributed by atoms with E-state index in [1.54, 1.807) is 7.11 Å². The van der Waals surface area contributed by atoms with Crippen molar-refractivity contribution >= 4 is 0 Å². The van der Waals surface area contributed by atoms with Crippen molar-refractivity contribution in [3.63, 3.8) is 0 Å². The second kappa shape index (κ2) is 12.5. The highest BCUT2D eigenvalue weighted by molar-refractivity contribution is 5.46. The molecule has 3 rings (SSSR count). The summed E-state index contributed by atoms with van der Waals surface area (Å²) >= 11 is 0. The monoisotopic (exact) mass is 421 g/mol. The summed E-state index contributed by atoms with van der Waals surface area (Å²) in [6, 6.07) is 6.20. The van der Waals surface area contributed by atoms with Gasteiger partial charge in [0.2, 0.25) is 0 Å². The molecule has 0 N–H and O–H groups in total. The predicted molar refractivity (Wildman–Crippen MR) is 119 cm³/mol. The van der Waals surface area contributed by atoms with Crippen LogP contribution in [0.3, 0.4) is 0 Å². The Morgan fingerprint density at radius 3 is 2.67 bits per heavy atom. The lowest BCUT2D eigenvalue weighted by atomic mass is 10.1. The standard InChI is InChI=1S/C23H39N3O4/c1-24(2)9-10-26(19-21-7-5-14-29-21)18-20-6-4-8-22(27-3)23(20)30-17-13-25-11-15-28-16-12-25/h4,6,8,21H,5,7,9-19H2,1-3H3. The zero-order valence-corrected chi connectivity index (χ0v) is 19.0. The molecule has 0 spiro atoms. The third-order valence-electron chi connectivity index (χ3n) is 5.78. The normalized spacial score (nSPS) is 20.2. The first-order chi connectivity index (χ1) is 14.7. The lowest BCUT2D eigenvalue weighted by molar-refractivity contribution is 0.0319. The first kappa shape index (κ1) is 23.3. The van der Waals surface area contributed by atoms with E-state index >= 15 is 0 Å². The highest BCUT2D eigenvalue weighted by Gasteiger charge is 2.21. The molecule has 0 bridgehead atoms. The average molecular weight is 422 g/mol. The molecule has 2 saturated heterocycles. The highest BCUT2D eigenvalue weighted by Crippen LogP contribution is 2.32. The number of likely N-dealkylation sites (N-methyl/N-ethyl adjacent to an activating group) is 1. The van der Waals surface area contributed by atoms with E-state index in [2.05, 4.69) is 40.9 Å². The summed E-state index contributed by atoms with van der Waals surface area (Å²) in [5, 5.41) is 0. The first-order valence-electron chi connectivity index (χ1n) is 11.2. The second-order valence-corrected chi connectivity index (χ2v) is 8.42. The van der Waals surface area contributed by atoms with Crippen LogP contribution in [0.5, 0.6) is 11.5 Å². The van der Waals surface area contributed by atoms with Crippen LogP contribution in [0, 0.1) is 0 Å². The van der Waals surface area contributed by atoms with E-state index in [-0.39, 0.29) is 0 Å². The van der Waals surface area contributed by atoms with Crippen LogP contribution in [-0.4, -0.2) is 108 Å². The van der Waals surface area contributed by atoms with Gasteiger partial charge in [0.05, 0.1) is 26.4 Å². The minimum atomic E-state index is 0.337. The molecule has 0 amide bonds. The van der Waals surface area contributed by atoms with Gasteiger partial charge in [-0.3, -0.25) is 9.80 Å². The van der Waals surface area contributed by atoms with Gasteiger partial charge >= 0.3 is 0 Å². The van der Waals surface area contributed by atoms with Gasteiger partial charge in [-0.05, 0) is 33.0 Å². The fourth-order valence-corrected chi connectivity index (χ4v) is 4.01. The number of morpholine rings is 1. The number of benzene rings is 1. The van der Waals surface area contributed by atoms with Crippen molar-refractivity contribution in [2.24, 2.45) is 0 Å². The van der Waals surface area contributed by atoms with Crippen molar-refractivity contribution in [2.45, 2.75) is 25.5 Å². The van der Waals surface area contributed by atoms with Crippen LogP contribution >= 0.6 is 0 Å². The predicted octanol–water partition coefficient (Wildman–Crippen LogP) is 1.95.